The molecular formula is C10H19NO3S. The Morgan fingerprint density at radius 3 is 2.87 bits per heavy atom. The van der Waals surface area contributed by atoms with Crippen molar-refractivity contribution in [2.45, 2.75) is 37.8 Å². The maximum absolute atomic E-state index is 8.87. The largest absolute Gasteiger partial charge is 0.501 e. The first kappa shape index (κ1) is 12.8. The van der Waals surface area contributed by atoms with E-state index in [2.05, 4.69) is 19.1 Å². The zero-order valence-corrected chi connectivity index (χ0v) is 9.89. The molecular weight excluding hydrogens is 214 g/mol. The third-order valence-electron chi connectivity index (χ3n) is 2.52. The van der Waals surface area contributed by atoms with Gasteiger partial charge in [0.15, 0.2) is 5.05 Å². The molecule has 88 valence electrons. The van der Waals surface area contributed by atoms with Gasteiger partial charge in [-0.1, -0.05) is 0 Å². The first-order valence-corrected chi connectivity index (χ1v) is 5.64. The quantitative estimate of drug-likeness (QED) is 0.374. The van der Waals surface area contributed by atoms with Crippen LogP contribution in [-0.4, -0.2) is 41.6 Å². The number of hydrogen-bond acceptors (Lipinski definition) is 4. The van der Waals surface area contributed by atoms with E-state index in [9.17, 15) is 0 Å². The summed E-state index contributed by atoms with van der Waals surface area (Å²) in [5.41, 5.74) is 5.64. The van der Waals surface area contributed by atoms with Gasteiger partial charge in [-0.2, -0.15) is 0 Å². The Morgan fingerprint density at radius 2 is 2.33 bits per heavy atom. The second-order valence-electron chi connectivity index (χ2n) is 4.19. The maximum atomic E-state index is 8.87. The fourth-order valence-electron chi connectivity index (χ4n) is 1.25. The fraction of sp³-hybridized carbons (Fsp3) is 0.900. The van der Waals surface area contributed by atoms with Gasteiger partial charge in [0.25, 0.3) is 0 Å². The van der Waals surface area contributed by atoms with Gasteiger partial charge in [-0.3, -0.25) is 0 Å². The van der Waals surface area contributed by atoms with Crippen LogP contribution in [0.2, 0.25) is 0 Å². The van der Waals surface area contributed by atoms with Crippen LogP contribution >= 0.6 is 12.2 Å². The van der Waals surface area contributed by atoms with Crippen molar-refractivity contribution >= 4 is 17.3 Å². The minimum Gasteiger partial charge on any atom is -0.501 e. The second-order valence-corrected chi connectivity index (χ2v) is 4.61. The SMILES string of the molecule is CC1(CCCOCCC(N)C(O)=S)CO1. The lowest BCUT2D eigenvalue weighted by Crippen LogP contribution is -2.30. The highest BCUT2D eigenvalue weighted by molar-refractivity contribution is 7.80. The van der Waals surface area contributed by atoms with Crippen molar-refractivity contribution < 1.29 is 14.6 Å². The van der Waals surface area contributed by atoms with E-state index >= 15 is 0 Å². The van der Waals surface area contributed by atoms with Gasteiger partial charge in [0.05, 0.1) is 18.2 Å². The summed E-state index contributed by atoms with van der Waals surface area (Å²) in [6.45, 7) is 4.23. The molecule has 0 aliphatic carbocycles. The molecule has 0 aromatic rings. The molecule has 1 rings (SSSR count). The van der Waals surface area contributed by atoms with Gasteiger partial charge >= 0.3 is 0 Å². The lowest BCUT2D eigenvalue weighted by atomic mass is 10.1. The third kappa shape index (κ3) is 5.41. The third-order valence-corrected chi connectivity index (χ3v) is 2.82. The van der Waals surface area contributed by atoms with Crippen LogP contribution in [0.15, 0.2) is 0 Å². The van der Waals surface area contributed by atoms with Crippen molar-refractivity contribution in [1.29, 1.82) is 0 Å². The number of epoxide rings is 1. The molecule has 0 saturated carbocycles. The average molecular weight is 233 g/mol. The van der Waals surface area contributed by atoms with Crippen LogP contribution in [0.25, 0.3) is 0 Å². The van der Waals surface area contributed by atoms with E-state index < -0.39 is 6.04 Å². The summed E-state index contributed by atoms with van der Waals surface area (Å²) < 4.78 is 10.6. The van der Waals surface area contributed by atoms with Crippen LogP contribution in [0.1, 0.15) is 26.2 Å². The molecule has 1 heterocycles. The van der Waals surface area contributed by atoms with E-state index in [4.69, 9.17) is 20.3 Å². The average Bonchev–Trinajstić information content (AvgIpc) is 2.89. The standard InChI is InChI=1S/C10H19NO3S/c1-10(7-14-10)4-2-5-13-6-3-8(11)9(12)15/h8H,2-7,11H2,1H3,(H,12,15). The van der Waals surface area contributed by atoms with Gasteiger partial charge < -0.3 is 20.3 Å². The van der Waals surface area contributed by atoms with Gasteiger partial charge in [-0.05, 0) is 38.4 Å². The number of aliphatic hydroxyl groups is 1. The molecule has 2 unspecified atom stereocenters. The molecule has 3 N–H and O–H groups in total. The Bertz CT molecular complexity index is 219. The molecule has 1 saturated heterocycles. The molecule has 0 aromatic carbocycles. The molecule has 4 nitrogen and oxygen atoms in total. The normalized spacial score (nSPS) is 26.3. The van der Waals surface area contributed by atoms with Crippen molar-refractivity contribution in [1.82, 2.24) is 0 Å². The highest BCUT2D eigenvalue weighted by atomic mass is 32.1. The number of aliphatic hydroxyl groups excluding tert-OH is 1. The second kappa shape index (κ2) is 5.75. The van der Waals surface area contributed by atoms with E-state index in [-0.39, 0.29) is 10.7 Å². The summed E-state index contributed by atoms with van der Waals surface area (Å²) in [4.78, 5) is 0. The Hall–Kier alpha value is -0.230. The summed E-state index contributed by atoms with van der Waals surface area (Å²) in [7, 11) is 0. The first-order valence-electron chi connectivity index (χ1n) is 5.24. The van der Waals surface area contributed by atoms with E-state index in [1.807, 2.05) is 0 Å². The van der Waals surface area contributed by atoms with E-state index in [1.165, 1.54) is 0 Å². The van der Waals surface area contributed by atoms with Crippen LogP contribution in [0.4, 0.5) is 0 Å². The van der Waals surface area contributed by atoms with Crippen molar-refractivity contribution in [3.05, 3.63) is 0 Å². The number of hydrogen-bond donors (Lipinski definition) is 2. The predicted molar refractivity (Wildman–Crippen MR) is 62.2 cm³/mol. The Labute approximate surface area is 95.7 Å². The maximum Gasteiger partial charge on any atom is 0.173 e. The molecule has 15 heavy (non-hydrogen) atoms. The number of rotatable bonds is 8. The molecule has 1 aliphatic rings. The monoisotopic (exact) mass is 233 g/mol. The highest BCUT2D eigenvalue weighted by Gasteiger charge is 2.38. The van der Waals surface area contributed by atoms with Crippen LogP contribution in [0, 0.1) is 0 Å². The van der Waals surface area contributed by atoms with Gasteiger partial charge in [0.1, 0.15) is 0 Å². The van der Waals surface area contributed by atoms with Crippen molar-refractivity contribution in [3.63, 3.8) is 0 Å². The predicted octanol–water partition coefficient (Wildman–Crippen LogP) is 1.17. The lowest BCUT2D eigenvalue weighted by molar-refractivity contribution is 0.120. The minimum atomic E-state index is -0.440. The number of thiocarbonyl (C=S) groups is 1. The van der Waals surface area contributed by atoms with Crippen molar-refractivity contribution in [2.75, 3.05) is 19.8 Å². The Morgan fingerprint density at radius 1 is 1.67 bits per heavy atom. The molecule has 1 fully saturated rings. The van der Waals surface area contributed by atoms with Crippen LogP contribution < -0.4 is 5.73 Å². The van der Waals surface area contributed by atoms with Gasteiger partial charge in [0, 0.05) is 13.2 Å². The topological polar surface area (TPSA) is 68.0 Å². The Balaban J connectivity index is 1.86. The van der Waals surface area contributed by atoms with Gasteiger partial charge in [-0.25, -0.2) is 0 Å². The summed E-state index contributed by atoms with van der Waals surface area (Å²) in [6.07, 6.45) is 2.61. The van der Waals surface area contributed by atoms with E-state index in [1.54, 1.807) is 0 Å². The highest BCUT2D eigenvalue weighted by Crippen LogP contribution is 2.30. The molecule has 0 radical (unpaired) electrons. The molecule has 0 amide bonds. The molecule has 5 heteroatoms. The number of nitrogens with two attached hydrogens (primary N) is 1. The molecule has 2 atom stereocenters. The van der Waals surface area contributed by atoms with Crippen molar-refractivity contribution in [2.24, 2.45) is 5.73 Å². The van der Waals surface area contributed by atoms with E-state index in [0.717, 1.165) is 19.4 Å². The Kier molecular flexibility index (Phi) is 4.92. The first-order chi connectivity index (χ1) is 7.03. The zero-order valence-electron chi connectivity index (χ0n) is 9.07. The van der Waals surface area contributed by atoms with E-state index in [0.29, 0.717) is 19.6 Å². The zero-order chi connectivity index (χ0) is 11.3. The van der Waals surface area contributed by atoms with Crippen LogP contribution in [0.3, 0.4) is 0 Å². The molecule has 0 spiro atoms. The molecule has 0 bridgehead atoms. The molecule has 0 aromatic heterocycles. The fourth-order valence-corrected chi connectivity index (χ4v) is 1.37. The van der Waals surface area contributed by atoms with Crippen LogP contribution in [-0.2, 0) is 9.47 Å². The summed E-state index contributed by atoms with van der Waals surface area (Å²) in [5.74, 6) is 0. The number of ether oxygens (including phenoxy) is 2. The summed E-state index contributed by atoms with van der Waals surface area (Å²) in [6, 6.07) is -0.440. The molecule has 1 aliphatic heterocycles. The smallest absolute Gasteiger partial charge is 0.173 e. The van der Waals surface area contributed by atoms with Gasteiger partial charge in [-0.15, -0.1) is 0 Å². The van der Waals surface area contributed by atoms with Crippen LogP contribution in [0.5, 0.6) is 0 Å². The summed E-state index contributed by atoms with van der Waals surface area (Å²) in [5, 5.41) is 8.73. The van der Waals surface area contributed by atoms with Crippen molar-refractivity contribution in [3.8, 4) is 0 Å². The van der Waals surface area contributed by atoms with Gasteiger partial charge in [0.2, 0.25) is 0 Å². The minimum absolute atomic E-state index is 0.117. The lowest BCUT2D eigenvalue weighted by Gasteiger charge is -2.09. The summed E-state index contributed by atoms with van der Waals surface area (Å²) >= 11 is 4.53.